The van der Waals surface area contributed by atoms with Crippen LogP contribution >= 0.6 is 0 Å². The second-order valence-electron chi connectivity index (χ2n) is 5.37. The molecule has 4 aromatic rings. The number of alkyl halides is 2. The molecule has 0 saturated carbocycles. The molecule has 0 radical (unpaired) electrons. The van der Waals surface area contributed by atoms with Gasteiger partial charge in [-0.2, -0.15) is 0 Å². The summed E-state index contributed by atoms with van der Waals surface area (Å²) >= 11 is 0. The Labute approximate surface area is 137 Å². The zero-order valence-electron chi connectivity index (χ0n) is 12.6. The highest BCUT2D eigenvalue weighted by atomic mass is 19.3. The summed E-state index contributed by atoms with van der Waals surface area (Å²) in [5.41, 5.74) is 2.72. The van der Waals surface area contributed by atoms with Crippen LogP contribution in [-0.4, -0.2) is 14.5 Å². The topological polar surface area (TPSA) is 30.7 Å². The molecule has 24 heavy (non-hydrogen) atoms. The van der Waals surface area contributed by atoms with Gasteiger partial charge >= 0.3 is 0 Å². The van der Waals surface area contributed by atoms with Crippen LogP contribution in [0.4, 0.5) is 8.78 Å². The van der Waals surface area contributed by atoms with Gasteiger partial charge in [0, 0.05) is 11.1 Å². The third-order valence-corrected chi connectivity index (χ3v) is 3.91. The van der Waals surface area contributed by atoms with E-state index >= 15 is 0 Å². The molecule has 0 amide bonds. The monoisotopic (exact) mass is 321 g/mol. The van der Waals surface area contributed by atoms with Gasteiger partial charge in [-0.1, -0.05) is 42.5 Å². The lowest BCUT2D eigenvalue weighted by molar-refractivity contribution is 0.152. The molecule has 0 unspecified atom stereocenters. The van der Waals surface area contributed by atoms with Crippen molar-refractivity contribution in [3.05, 3.63) is 78.6 Å². The Morgan fingerprint density at radius 2 is 1.62 bits per heavy atom. The first-order chi connectivity index (χ1) is 11.7. The van der Waals surface area contributed by atoms with Crippen molar-refractivity contribution in [3.63, 3.8) is 0 Å². The third kappa shape index (κ3) is 2.44. The van der Waals surface area contributed by atoms with Gasteiger partial charge < -0.3 is 0 Å². The number of halogens is 2. The van der Waals surface area contributed by atoms with Crippen LogP contribution in [0.15, 0.2) is 73.1 Å². The van der Waals surface area contributed by atoms with Gasteiger partial charge in [-0.25, -0.2) is 18.7 Å². The molecule has 3 nitrogen and oxygen atoms in total. The van der Waals surface area contributed by atoms with Gasteiger partial charge in [0.1, 0.15) is 12.1 Å². The minimum atomic E-state index is -2.54. The number of para-hydroxylation sites is 2. The van der Waals surface area contributed by atoms with Gasteiger partial charge in [-0.15, -0.1) is 0 Å². The number of imidazole rings is 1. The standard InChI is InChI=1S/C19H13F2N3/c20-19(21)14-7-2-1-6-13(14)15-9-5-11-18(23-15)24-12-22-16-8-3-4-10-17(16)24/h1-12,19H. The third-order valence-electron chi connectivity index (χ3n) is 3.91. The quantitative estimate of drug-likeness (QED) is 0.530. The van der Waals surface area contributed by atoms with Crippen LogP contribution in [0.1, 0.15) is 12.0 Å². The van der Waals surface area contributed by atoms with Gasteiger partial charge in [0.2, 0.25) is 0 Å². The van der Waals surface area contributed by atoms with E-state index in [1.54, 1.807) is 30.6 Å². The van der Waals surface area contributed by atoms with E-state index in [2.05, 4.69) is 9.97 Å². The van der Waals surface area contributed by atoms with Crippen molar-refractivity contribution in [3.8, 4) is 17.1 Å². The normalized spacial score (nSPS) is 11.3. The molecule has 0 atom stereocenters. The van der Waals surface area contributed by atoms with E-state index in [4.69, 9.17) is 0 Å². The highest BCUT2D eigenvalue weighted by Crippen LogP contribution is 2.30. The second kappa shape index (κ2) is 5.85. The fourth-order valence-electron chi connectivity index (χ4n) is 2.77. The highest BCUT2D eigenvalue weighted by Gasteiger charge is 2.15. The zero-order chi connectivity index (χ0) is 16.5. The Kier molecular flexibility index (Phi) is 3.54. The Hall–Kier alpha value is -3.08. The lowest BCUT2D eigenvalue weighted by Gasteiger charge is -2.10. The van der Waals surface area contributed by atoms with Crippen molar-refractivity contribution in [2.45, 2.75) is 6.43 Å². The van der Waals surface area contributed by atoms with Crippen LogP contribution in [0.5, 0.6) is 0 Å². The minimum Gasteiger partial charge on any atom is -0.283 e. The Morgan fingerprint density at radius 3 is 2.50 bits per heavy atom. The molecule has 0 aliphatic heterocycles. The molecule has 0 bridgehead atoms. The van der Waals surface area contributed by atoms with Gasteiger partial charge in [-0.3, -0.25) is 4.57 Å². The van der Waals surface area contributed by atoms with Crippen LogP contribution in [-0.2, 0) is 0 Å². The summed E-state index contributed by atoms with van der Waals surface area (Å²) in [7, 11) is 0. The zero-order valence-corrected chi connectivity index (χ0v) is 12.6. The van der Waals surface area contributed by atoms with E-state index in [1.165, 1.54) is 6.07 Å². The summed E-state index contributed by atoms with van der Waals surface area (Å²) in [5.74, 6) is 0.644. The number of pyridine rings is 1. The molecule has 0 saturated heterocycles. The van der Waals surface area contributed by atoms with Crippen molar-refractivity contribution in [1.82, 2.24) is 14.5 Å². The molecule has 2 aromatic heterocycles. The van der Waals surface area contributed by atoms with E-state index in [9.17, 15) is 8.78 Å². The Bertz CT molecular complexity index is 1010. The Morgan fingerprint density at radius 1 is 0.833 bits per heavy atom. The van der Waals surface area contributed by atoms with E-state index < -0.39 is 6.43 Å². The summed E-state index contributed by atoms with van der Waals surface area (Å²) in [6.07, 6.45) is -0.851. The largest absolute Gasteiger partial charge is 0.283 e. The number of fused-ring (bicyclic) bond motifs is 1. The molecule has 0 spiro atoms. The van der Waals surface area contributed by atoms with E-state index in [0.717, 1.165) is 11.0 Å². The van der Waals surface area contributed by atoms with E-state index in [-0.39, 0.29) is 5.56 Å². The molecular formula is C19H13F2N3. The molecule has 0 aliphatic rings. The fraction of sp³-hybridized carbons (Fsp3) is 0.0526. The van der Waals surface area contributed by atoms with Crippen molar-refractivity contribution < 1.29 is 8.78 Å². The lowest BCUT2D eigenvalue weighted by Crippen LogP contribution is -1.98. The number of aromatic nitrogens is 3. The maximum absolute atomic E-state index is 13.3. The average molecular weight is 321 g/mol. The SMILES string of the molecule is FC(F)c1ccccc1-c1cccc(-n2cnc3ccccc32)n1. The van der Waals surface area contributed by atoms with Gasteiger partial charge in [0.15, 0.2) is 0 Å². The molecule has 118 valence electrons. The molecular weight excluding hydrogens is 308 g/mol. The van der Waals surface area contributed by atoms with Crippen LogP contribution in [0.3, 0.4) is 0 Å². The maximum Gasteiger partial charge on any atom is 0.264 e. The van der Waals surface area contributed by atoms with Gasteiger partial charge in [-0.05, 0) is 24.3 Å². The number of benzene rings is 2. The summed E-state index contributed by atoms with van der Waals surface area (Å²) in [6, 6.07) is 19.5. The van der Waals surface area contributed by atoms with Crippen LogP contribution in [0.25, 0.3) is 28.1 Å². The molecule has 4 rings (SSSR count). The second-order valence-corrected chi connectivity index (χ2v) is 5.37. The van der Waals surface area contributed by atoms with Crippen molar-refractivity contribution >= 4 is 11.0 Å². The molecule has 0 aliphatic carbocycles. The molecule has 2 heterocycles. The van der Waals surface area contributed by atoms with Crippen LogP contribution in [0, 0.1) is 0 Å². The summed E-state index contributed by atoms with van der Waals surface area (Å²) in [4.78, 5) is 8.91. The average Bonchev–Trinajstić information content (AvgIpc) is 3.06. The van der Waals surface area contributed by atoms with Crippen LogP contribution < -0.4 is 0 Å². The van der Waals surface area contributed by atoms with Crippen molar-refractivity contribution in [2.75, 3.05) is 0 Å². The minimum absolute atomic E-state index is 0.0161. The van der Waals surface area contributed by atoms with Crippen molar-refractivity contribution in [1.29, 1.82) is 0 Å². The molecule has 0 fully saturated rings. The first-order valence-electron chi connectivity index (χ1n) is 7.51. The number of rotatable bonds is 3. The smallest absolute Gasteiger partial charge is 0.264 e. The van der Waals surface area contributed by atoms with E-state index in [1.807, 2.05) is 41.0 Å². The lowest BCUT2D eigenvalue weighted by atomic mass is 10.0. The predicted octanol–water partition coefficient (Wildman–Crippen LogP) is 5.03. The number of hydrogen-bond acceptors (Lipinski definition) is 2. The predicted molar refractivity (Wildman–Crippen MR) is 89.3 cm³/mol. The summed E-state index contributed by atoms with van der Waals surface area (Å²) < 4.78 is 28.4. The van der Waals surface area contributed by atoms with Crippen molar-refractivity contribution in [2.24, 2.45) is 0 Å². The van der Waals surface area contributed by atoms with Crippen LogP contribution in [0.2, 0.25) is 0 Å². The molecule has 5 heteroatoms. The first-order valence-corrected chi connectivity index (χ1v) is 7.51. The highest BCUT2D eigenvalue weighted by molar-refractivity contribution is 5.77. The maximum atomic E-state index is 13.3. The first kappa shape index (κ1) is 14.5. The Balaban J connectivity index is 1.86. The summed E-state index contributed by atoms with van der Waals surface area (Å²) in [5, 5.41) is 0. The van der Waals surface area contributed by atoms with Gasteiger partial charge in [0.25, 0.3) is 6.43 Å². The molecule has 2 aromatic carbocycles. The number of nitrogens with zero attached hydrogens (tertiary/aromatic N) is 3. The summed E-state index contributed by atoms with van der Waals surface area (Å²) in [6.45, 7) is 0. The number of hydrogen-bond donors (Lipinski definition) is 0. The van der Waals surface area contributed by atoms with Gasteiger partial charge in [0.05, 0.1) is 16.7 Å². The fourth-order valence-corrected chi connectivity index (χ4v) is 2.77. The molecule has 0 N–H and O–H groups in total. The van der Waals surface area contributed by atoms with E-state index in [0.29, 0.717) is 17.1 Å².